The summed E-state index contributed by atoms with van der Waals surface area (Å²) >= 11 is 1.69. The minimum Gasteiger partial charge on any atom is -0.495 e. The van der Waals surface area contributed by atoms with Crippen LogP contribution in [0.4, 0.5) is 0 Å². The Labute approximate surface area is 135 Å². The predicted octanol–water partition coefficient (Wildman–Crippen LogP) is 4.48. The van der Waals surface area contributed by atoms with Crippen molar-refractivity contribution in [3.63, 3.8) is 0 Å². The Kier molecular flexibility index (Phi) is 7.80. The highest BCUT2D eigenvalue weighted by atomic mass is 32.2. The highest BCUT2D eigenvalue weighted by molar-refractivity contribution is 7.99. The highest BCUT2D eigenvalue weighted by Crippen LogP contribution is 2.39. The van der Waals surface area contributed by atoms with Gasteiger partial charge in [-0.15, -0.1) is 11.8 Å². The molecule has 0 bridgehead atoms. The van der Waals surface area contributed by atoms with Gasteiger partial charge in [0.25, 0.3) is 0 Å². The van der Waals surface area contributed by atoms with Crippen molar-refractivity contribution in [2.24, 2.45) is 5.92 Å². The van der Waals surface area contributed by atoms with Gasteiger partial charge in [-0.1, -0.05) is 20.3 Å². The van der Waals surface area contributed by atoms with Crippen LogP contribution in [0.3, 0.4) is 0 Å². The van der Waals surface area contributed by atoms with Gasteiger partial charge >= 0.3 is 0 Å². The van der Waals surface area contributed by atoms with Crippen molar-refractivity contribution >= 4 is 17.8 Å². The average Bonchev–Trinajstić information content (AvgIpc) is 2.49. The highest BCUT2D eigenvalue weighted by Gasteiger charge is 2.13. The van der Waals surface area contributed by atoms with Crippen LogP contribution in [-0.4, -0.2) is 24.9 Å². The lowest BCUT2D eigenvalue weighted by Crippen LogP contribution is -1.95. The summed E-state index contributed by atoms with van der Waals surface area (Å²) in [5, 5.41) is 10.4. The molecule has 0 amide bonds. The zero-order valence-electron chi connectivity index (χ0n) is 13.5. The van der Waals surface area contributed by atoms with Crippen LogP contribution in [-0.2, 0) is 0 Å². The molecule has 0 saturated carbocycles. The molecule has 6 heteroatoms. The Morgan fingerprint density at radius 1 is 1.27 bits per heavy atom. The zero-order chi connectivity index (χ0) is 16.5. The molecule has 0 aliphatic heterocycles. The quantitative estimate of drug-likeness (QED) is 0.290. The van der Waals surface area contributed by atoms with E-state index in [0.717, 1.165) is 23.3 Å². The molecule has 1 rings (SSSR count). The van der Waals surface area contributed by atoms with Crippen molar-refractivity contribution in [3.05, 3.63) is 34.0 Å². The van der Waals surface area contributed by atoms with Gasteiger partial charge in [-0.3, -0.25) is 10.1 Å². The summed E-state index contributed by atoms with van der Waals surface area (Å²) in [4.78, 5) is 10.9. The third-order valence-corrected chi connectivity index (χ3v) is 4.23. The maximum atomic E-state index is 10.4. The van der Waals surface area contributed by atoms with Crippen molar-refractivity contribution in [2.75, 3.05) is 20.0 Å². The molecule has 22 heavy (non-hydrogen) atoms. The monoisotopic (exact) mass is 325 g/mol. The second-order valence-electron chi connectivity index (χ2n) is 5.24. The molecular weight excluding hydrogens is 302 g/mol. The molecule has 0 saturated heterocycles. The van der Waals surface area contributed by atoms with E-state index in [0.29, 0.717) is 23.0 Å². The van der Waals surface area contributed by atoms with Crippen molar-refractivity contribution in [3.8, 4) is 11.5 Å². The van der Waals surface area contributed by atoms with Gasteiger partial charge in [0.15, 0.2) is 0 Å². The normalized spacial score (nSPS) is 11.1. The van der Waals surface area contributed by atoms with Gasteiger partial charge in [-0.05, 0) is 35.8 Å². The summed E-state index contributed by atoms with van der Waals surface area (Å²) in [7, 11) is 3.18. The largest absolute Gasteiger partial charge is 0.495 e. The van der Waals surface area contributed by atoms with E-state index in [-0.39, 0.29) is 0 Å². The van der Waals surface area contributed by atoms with Crippen molar-refractivity contribution < 1.29 is 14.4 Å². The second-order valence-corrected chi connectivity index (χ2v) is 6.35. The van der Waals surface area contributed by atoms with Crippen LogP contribution in [0.2, 0.25) is 0 Å². The number of hydrogen-bond donors (Lipinski definition) is 0. The topological polar surface area (TPSA) is 61.6 Å². The fraction of sp³-hybridized carbons (Fsp3) is 0.500. The van der Waals surface area contributed by atoms with Gasteiger partial charge in [0.1, 0.15) is 11.5 Å². The van der Waals surface area contributed by atoms with E-state index in [4.69, 9.17) is 9.47 Å². The maximum Gasteiger partial charge on any atom is 0.235 e. The lowest BCUT2D eigenvalue weighted by Gasteiger charge is -2.14. The number of benzene rings is 1. The number of methoxy groups -OCH3 is 2. The number of rotatable bonds is 9. The maximum absolute atomic E-state index is 10.4. The van der Waals surface area contributed by atoms with Gasteiger partial charge in [0.2, 0.25) is 6.20 Å². The van der Waals surface area contributed by atoms with E-state index in [9.17, 15) is 10.1 Å². The number of hydrogen-bond acceptors (Lipinski definition) is 5. The molecule has 122 valence electrons. The van der Waals surface area contributed by atoms with Gasteiger partial charge in [-0.2, -0.15) is 0 Å². The summed E-state index contributed by atoms with van der Waals surface area (Å²) in [6.07, 6.45) is 4.64. The Balaban J connectivity index is 2.93. The van der Waals surface area contributed by atoms with E-state index < -0.39 is 4.92 Å². The van der Waals surface area contributed by atoms with Gasteiger partial charge in [0, 0.05) is 6.08 Å². The number of thioether (sulfide) groups is 1. The van der Waals surface area contributed by atoms with Crippen LogP contribution >= 0.6 is 11.8 Å². The van der Waals surface area contributed by atoms with Crippen molar-refractivity contribution in [2.45, 2.75) is 31.6 Å². The smallest absolute Gasteiger partial charge is 0.235 e. The SMILES string of the molecule is COc1cc(C=C[N+](=O)[O-])cc(OC)c1SCCCC(C)C. The second kappa shape index (κ2) is 9.35. The van der Waals surface area contributed by atoms with Crippen molar-refractivity contribution in [1.82, 2.24) is 0 Å². The molecule has 1 aromatic carbocycles. The molecule has 0 atom stereocenters. The fourth-order valence-electron chi connectivity index (χ4n) is 1.95. The third-order valence-electron chi connectivity index (χ3n) is 3.04. The van der Waals surface area contributed by atoms with E-state index in [1.165, 1.54) is 12.5 Å². The Bertz CT molecular complexity index is 504. The zero-order valence-corrected chi connectivity index (χ0v) is 14.3. The lowest BCUT2D eigenvalue weighted by molar-refractivity contribution is -0.400. The summed E-state index contributed by atoms with van der Waals surface area (Å²) < 4.78 is 10.8. The molecular formula is C16H23NO4S. The first-order chi connectivity index (χ1) is 10.5. The van der Waals surface area contributed by atoms with Gasteiger partial charge < -0.3 is 9.47 Å². The molecule has 0 aliphatic carbocycles. The minimum atomic E-state index is -0.493. The van der Waals surface area contributed by atoms with Gasteiger partial charge in [0.05, 0.1) is 24.0 Å². The molecule has 0 aromatic heterocycles. The molecule has 0 radical (unpaired) electrons. The first kappa shape index (κ1) is 18.4. The first-order valence-electron chi connectivity index (χ1n) is 7.18. The number of ether oxygens (including phenoxy) is 2. The molecule has 0 unspecified atom stereocenters. The minimum absolute atomic E-state index is 0.493. The average molecular weight is 325 g/mol. The predicted molar refractivity (Wildman–Crippen MR) is 90.4 cm³/mol. The summed E-state index contributed by atoms with van der Waals surface area (Å²) in [5.41, 5.74) is 0.678. The van der Waals surface area contributed by atoms with E-state index in [1.807, 2.05) is 0 Å². The Morgan fingerprint density at radius 2 is 1.86 bits per heavy atom. The molecule has 0 N–H and O–H groups in total. The first-order valence-corrected chi connectivity index (χ1v) is 8.17. The third kappa shape index (κ3) is 5.97. The van der Waals surface area contributed by atoms with Crippen LogP contribution in [0.1, 0.15) is 32.3 Å². The van der Waals surface area contributed by atoms with Crippen LogP contribution in [0, 0.1) is 16.0 Å². The standard InChI is InChI=1S/C16H23NO4S/c1-12(2)6-5-9-22-16-14(20-3)10-13(7-8-17(18)19)11-15(16)21-4/h7-8,10-12H,5-6,9H2,1-4H3. The summed E-state index contributed by atoms with van der Waals surface area (Å²) in [6.45, 7) is 4.42. The van der Waals surface area contributed by atoms with Crippen LogP contribution in [0.5, 0.6) is 11.5 Å². The molecule has 0 aliphatic rings. The van der Waals surface area contributed by atoms with Crippen LogP contribution in [0.25, 0.3) is 6.08 Å². The molecule has 0 fully saturated rings. The van der Waals surface area contributed by atoms with E-state index in [2.05, 4.69) is 13.8 Å². The number of nitrogens with zero attached hydrogens (tertiary/aromatic N) is 1. The van der Waals surface area contributed by atoms with Crippen LogP contribution in [0.15, 0.2) is 23.2 Å². The molecule has 1 aromatic rings. The molecule has 0 spiro atoms. The van der Waals surface area contributed by atoms with Gasteiger partial charge in [-0.25, -0.2) is 0 Å². The summed E-state index contributed by atoms with van der Waals surface area (Å²) in [6, 6.07) is 3.57. The molecule has 5 nitrogen and oxygen atoms in total. The Morgan fingerprint density at radius 3 is 2.32 bits per heavy atom. The fourth-order valence-corrected chi connectivity index (χ4v) is 3.04. The lowest BCUT2D eigenvalue weighted by atomic mass is 10.1. The molecule has 0 heterocycles. The van der Waals surface area contributed by atoms with Crippen molar-refractivity contribution in [1.29, 1.82) is 0 Å². The number of nitro groups is 1. The van der Waals surface area contributed by atoms with E-state index >= 15 is 0 Å². The van der Waals surface area contributed by atoms with E-state index in [1.54, 1.807) is 38.1 Å². The van der Waals surface area contributed by atoms with Crippen LogP contribution < -0.4 is 9.47 Å². The summed E-state index contributed by atoms with van der Waals surface area (Å²) in [5.74, 6) is 3.03. The Hall–Kier alpha value is -1.69.